The van der Waals surface area contributed by atoms with E-state index in [4.69, 9.17) is 0 Å². The lowest BCUT2D eigenvalue weighted by atomic mass is 10.3. The van der Waals surface area contributed by atoms with Gasteiger partial charge in [0.25, 0.3) is 0 Å². The maximum Gasteiger partial charge on any atom is 0.323 e. The van der Waals surface area contributed by atoms with Crippen molar-refractivity contribution in [3.05, 3.63) is 12.0 Å². The number of nitrogens with one attached hydrogen (secondary N) is 1. The fourth-order valence-electron chi connectivity index (χ4n) is 1.30. The predicted molar refractivity (Wildman–Crippen MR) is 43.8 cm³/mol. The number of aryl methyl sites for hydroxylation is 1. The Morgan fingerprint density at radius 2 is 2.33 bits per heavy atom. The molecule has 0 bridgehead atoms. The Labute approximate surface area is 70.0 Å². The quantitative estimate of drug-likeness (QED) is 0.593. The van der Waals surface area contributed by atoms with Gasteiger partial charge in [0, 0.05) is 14.1 Å². The van der Waals surface area contributed by atoms with Crippen LogP contribution in [-0.4, -0.2) is 22.6 Å². The third-order valence-corrected chi connectivity index (χ3v) is 2.07. The minimum atomic E-state index is -0.0961. The molecule has 0 atom stereocenters. The molecule has 5 nitrogen and oxygen atoms in total. The minimum absolute atomic E-state index is 0.0961. The molecule has 0 fully saturated rings. The molecular weight excluding hydrogens is 156 g/mol. The van der Waals surface area contributed by atoms with Crippen LogP contribution in [0.1, 0.15) is 5.69 Å². The van der Waals surface area contributed by atoms with Crippen LogP contribution in [0.25, 0.3) is 0 Å². The van der Waals surface area contributed by atoms with Gasteiger partial charge in [-0.2, -0.15) is 0 Å². The monoisotopic (exact) mass is 166 g/mol. The molecule has 1 N–H and O–H groups in total. The molecule has 0 unspecified atom stereocenters. The smallest absolute Gasteiger partial charge is 0.323 e. The first-order chi connectivity index (χ1) is 5.70. The standard InChI is InChI=1S/C7H10N4O/c1-10-4-9-6-5(10)3-8-7(12)11(6)2/h4H,3H2,1-2H3,(H,8,12). The summed E-state index contributed by atoms with van der Waals surface area (Å²) < 4.78 is 1.91. The Balaban J connectivity index is 2.50. The van der Waals surface area contributed by atoms with Gasteiger partial charge in [-0.25, -0.2) is 9.78 Å². The lowest BCUT2D eigenvalue weighted by Gasteiger charge is -2.22. The molecule has 0 saturated heterocycles. The van der Waals surface area contributed by atoms with E-state index in [1.165, 1.54) is 4.90 Å². The number of rotatable bonds is 0. The van der Waals surface area contributed by atoms with Crippen LogP contribution in [0, 0.1) is 0 Å². The SMILES string of the molecule is CN1C(=O)NCc2c1ncn2C. The Bertz CT molecular complexity index is 330. The second kappa shape index (κ2) is 2.23. The molecule has 12 heavy (non-hydrogen) atoms. The summed E-state index contributed by atoms with van der Waals surface area (Å²) in [5, 5.41) is 2.74. The summed E-state index contributed by atoms with van der Waals surface area (Å²) in [7, 11) is 3.62. The lowest BCUT2D eigenvalue weighted by molar-refractivity contribution is 0.245. The molecule has 0 spiro atoms. The summed E-state index contributed by atoms with van der Waals surface area (Å²) in [6.45, 7) is 0.564. The highest BCUT2D eigenvalue weighted by Gasteiger charge is 2.23. The predicted octanol–water partition coefficient (Wildman–Crippen LogP) is 0.0795. The van der Waals surface area contributed by atoms with Gasteiger partial charge in [-0.1, -0.05) is 0 Å². The Morgan fingerprint density at radius 3 is 3.08 bits per heavy atom. The van der Waals surface area contributed by atoms with Crippen LogP contribution < -0.4 is 10.2 Å². The third kappa shape index (κ3) is 0.792. The average molecular weight is 166 g/mol. The van der Waals surface area contributed by atoms with Gasteiger partial charge in [-0.3, -0.25) is 4.90 Å². The summed E-state index contributed by atoms with van der Waals surface area (Å²) >= 11 is 0. The molecular formula is C7H10N4O. The van der Waals surface area contributed by atoms with Crippen molar-refractivity contribution in [2.24, 2.45) is 7.05 Å². The number of hydrogen-bond acceptors (Lipinski definition) is 2. The summed E-state index contributed by atoms with van der Waals surface area (Å²) in [6.07, 6.45) is 1.71. The van der Waals surface area contributed by atoms with E-state index in [1.807, 2.05) is 11.6 Å². The second-order valence-corrected chi connectivity index (χ2v) is 2.84. The van der Waals surface area contributed by atoms with E-state index in [-0.39, 0.29) is 6.03 Å². The summed E-state index contributed by atoms with van der Waals surface area (Å²) in [5.41, 5.74) is 1.04. The van der Waals surface area contributed by atoms with Crippen molar-refractivity contribution < 1.29 is 4.79 Å². The van der Waals surface area contributed by atoms with E-state index >= 15 is 0 Å². The lowest BCUT2D eigenvalue weighted by Crippen LogP contribution is -2.42. The zero-order valence-corrected chi connectivity index (χ0v) is 7.03. The van der Waals surface area contributed by atoms with Gasteiger partial charge in [0.1, 0.15) is 0 Å². The van der Waals surface area contributed by atoms with Gasteiger partial charge in [-0.05, 0) is 0 Å². The Kier molecular flexibility index (Phi) is 1.33. The molecule has 0 aromatic carbocycles. The van der Waals surface area contributed by atoms with Crippen molar-refractivity contribution in [1.82, 2.24) is 14.9 Å². The number of hydrogen-bond donors (Lipinski definition) is 1. The average Bonchev–Trinajstić information content (AvgIpc) is 2.41. The van der Waals surface area contributed by atoms with E-state index in [2.05, 4.69) is 10.3 Å². The molecule has 1 aromatic heterocycles. The van der Waals surface area contributed by atoms with Crippen LogP contribution in [0.5, 0.6) is 0 Å². The van der Waals surface area contributed by atoms with Crippen LogP contribution in [-0.2, 0) is 13.6 Å². The molecule has 0 aliphatic carbocycles. The Hall–Kier alpha value is -1.52. The van der Waals surface area contributed by atoms with Gasteiger partial charge in [0.05, 0.1) is 18.6 Å². The van der Waals surface area contributed by atoms with Crippen LogP contribution in [0.2, 0.25) is 0 Å². The number of fused-ring (bicyclic) bond motifs is 1. The fourth-order valence-corrected chi connectivity index (χ4v) is 1.30. The van der Waals surface area contributed by atoms with Crippen LogP contribution in [0.4, 0.5) is 10.6 Å². The minimum Gasteiger partial charge on any atom is -0.334 e. The van der Waals surface area contributed by atoms with Gasteiger partial charge in [-0.15, -0.1) is 0 Å². The van der Waals surface area contributed by atoms with Crippen molar-refractivity contribution in [2.45, 2.75) is 6.54 Å². The van der Waals surface area contributed by atoms with E-state index < -0.39 is 0 Å². The van der Waals surface area contributed by atoms with E-state index in [0.717, 1.165) is 11.5 Å². The van der Waals surface area contributed by atoms with E-state index in [0.29, 0.717) is 6.54 Å². The van der Waals surface area contributed by atoms with Gasteiger partial charge >= 0.3 is 6.03 Å². The maximum absolute atomic E-state index is 11.1. The number of amides is 2. The Morgan fingerprint density at radius 1 is 1.58 bits per heavy atom. The third-order valence-electron chi connectivity index (χ3n) is 2.07. The zero-order valence-electron chi connectivity index (χ0n) is 7.03. The first-order valence-corrected chi connectivity index (χ1v) is 3.72. The van der Waals surface area contributed by atoms with E-state index in [9.17, 15) is 4.79 Å². The molecule has 1 aromatic rings. The number of anilines is 1. The molecule has 5 heteroatoms. The van der Waals surface area contributed by atoms with Crippen molar-refractivity contribution in [3.8, 4) is 0 Å². The van der Waals surface area contributed by atoms with Gasteiger partial charge in [0.2, 0.25) is 0 Å². The number of carbonyl (C=O) groups is 1. The summed E-state index contributed by atoms with van der Waals surface area (Å²) in [6, 6.07) is -0.0961. The largest absolute Gasteiger partial charge is 0.334 e. The van der Waals surface area contributed by atoms with Crippen LogP contribution in [0.3, 0.4) is 0 Å². The molecule has 0 saturated carbocycles. The van der Waals surface area contributed by atoms with Crippen LogP contribution in [0.15, 0.2) is 6.33 Å². The highest BCUT2D eigenvalue weighted by atomic mass is 16.2. The normalized spacial score (nSPS) is 15.8. The summed E-state index contributed by atoms with van der Waals surface area (Å²) in [4.78, 5) is 16.8. The number of aromatic nitrogens is 2. The molecule has 64 valence electrons. The highest BCUT2D eigenvalue weighted by Crippen LogP contribution is 2.19. The molecule has 1 aliphatic heterocycles. The zero-order chi connectivity index (χ0) is 8.72. The molecule has 2 rings (SSSR count). The number of urea groups is 1. The van der Waals surface area contributed by atoms with Crippen molar-refractivity contribution in [3.63, 3.8) is 0 Å². The number of carbonyl (C=O) groups excluding carboxylic acids is 1. The van der Waals surface area contributed by atoms with Gasteiger partial charge in [0.15, 0.2) is 5.82 Å². The van der Waals surface area contributed by atoms with Crippen molar-refractivity contribution >= 4 is 11.8 Å². The maximum atomic E-state index is 11.1. The first kappa shape index (κ1) is 7.15. The van der Waals surface area contributed by atoms with Crippen molar-refractivity contribution in [1.29, 1.82) is 0 Å². The van der Waals surface area contributed by atoms with Crippen LogP contribution >= 0.6 is 0 Å². The number of nitrogens with zero attached hydrogens (tertiary/aromatic N) is 3. The summed E-state index contributed by atoms with van der Waals surface area (Å²) in [5.74, 6) is 0.751. The molecule has 0 radical (unpaired) electrons. The molecule has 2 heterocycles. The molecule has 1 aliphatic rings. The topological polar surface area (TPSA) is 50.2 Å². The highest BCUT2D eigenvalue weighted by molar-refractivity contribution is 5.92. The number of imidazole rings is 1. The van der Waals surface area contributed by atoms with E-state index in [1.54, 1.807) is 13.4 Å². The first-order valence-electron chi connectivity index (χ1n) is 3.72. The van der Waals surface area contributed by atoms with Gasteiger partial charge < -0.3 is 9.88 Å². The molecule has 2 amide bonds. The van der Waals surface area contributed by atoms with Crippen molar-refractivity contribution in [2.75, 3.05) is 11.9 Å². The fraction of sp³-hybridized carbons (Fsp3) is 0.429. The second-order valence-electron chi connectivity index (χ2n) is 2.84.